The molecule has 1 amide bonds. The zero-order valence-electron chi connectivity index (χ0n) is 18.9. The van der Waals surface area contributed by atoms with E-state index in [1.165, 1.54) is 10.6 Å². The van der Waals surface area contributed by atoms with Gasteiger partial charge in [0, 0.05) is 23.7 Å². The number of fused-ring (bicyclic) bond motifs is 1. The Morgan fingerprint density at radius 2 is 1.84 bits per heavy atom. The van der Waals surface area contributed by atoms with E-state index in [0.29, 0.717) is 24.8 Å². The van der Waals surface area contributed by atoms with E-state index in [0.717, 1.165) is 0 Å². The molecule has 1 aliphatic rings. The van der Waals surface area contributed by atoms with Crippen LogP contribution in [0.25, 0.3) is 10.8 Å². The largest absolute Gasteiger partial charge is 0.497 e. The Morgan fingerprint density at radius 3 is 2.42 bits per heavy atom. The van der Waals surface area contributed by atoms with Crippen molar-refractivity contribution in [3.8, 4) is 0 Å². The summed E-state index contributed by atoms with van der Waals surface area (Å²) in [7, 11) is -0.846. The van der Waals surface area contributed by atoms with Crippen LogP contribution in [0.4, 0.5) is 9.18 Å². The Hall–Kier alpha value is -2.39. The molecule has 1 aromatic heterocycles. The summed E-state index contributed by atoms with van der Waals surface area (Å²) < 4.78 is 28.4. The molecule has 168 valence electrons. The molecule has 0 atom stereocenters. The zero-order chi connectivity index (χ0) is 23.2. The molecule has 2 aromatic rings. The van der Waals surface area contributed by atoms with Gasteiger partial charge in [0.15, 0.2) is 0 Å². The Morgan fingerprint density at radius 1 is 1.23 bits per heavy atom. The summed E-state index contributed by atoms with van der Waals surface area (Å²) in [4.78, 5) is 23.7. The first-order chi connectivity index (χ1) is 14.2. The molecule has 2 N–H and O–H groups in total. The highest BCUT2D eigenvalue weighted by molar-refractivity contribution is 6.62. The Balaban J connectivity index is 1.82. The van der Waals surface area contributed by atoms with Crippen molar-refractivity contribution in [3.63, 3.8) is 0 Å². The van der Waals surface area contributed by atoms with E-state index in [1.807, 2.05) is 27.7 Å². The highest BCUT2D eigenvalue weighted by Gasteiger charge is 2.52. The molecule has 1 aliphatic heterocycles. The lowest BCUT2D eigenvalue weighted by molar-refractivity contribution is 0.00578. The molecule has 9 heteroatoms. The molecule has 0 bridgehead atoms. The minimum absolute atomic E-state index is 0.268. The lowest BCUT2D eigenvalue weighted by Crippen LogP contribution is -2.42. The van der Waals surface area contributed by atoms with Gasteiger partial charge in [-0.1, -0.05) is 6.07 Å². The van der Waals surface area contributed by atoms with Gasteiger partial charge in [-0.2, -0.15) is 0 Å². The molecule has 0 radical (unpaired) electrons. The molecule has 31 heavy (non-hydrogen) atoms. The summed E-state index contributed by atoms with van der Waals surface area (Å²) in [5.41, 5.74) is -1.81. The minimum atomic E-state index is -1.08. The summed E-state index contributed by atoms with van der Waals surface area (Å²) >= 11 is 0. The molecule has 1 saturated heterocycles. The third-order valence-corrected chi connectivity index (χ3v) is 6.25. The Bertz CT molecular complexity index is 1050. The first kappa shape index (κ1) is 23.3. The van der Waals surface area contributed by atoms with Crippen molar-refractivity contribution in [1.29, 1.82) is 0 Å². The maximum atomic E-state index is 14.9. The lowest BCUT2D eigenvalue weighted by atomic mass is 9.78. The van der Waals surface area contributed by atoms with Gasteiger partial charge < -0.3 is 24.3 Å². The van der Waals surface area contributed by atoms with E-state index < -0.39 is 35.8 Å². The summed E-state index contributed by atoms with van der Waals surface area (Å²) in [6.45, 7) is 11.6. The van der Waals surface area contributed by atoms with E-state index in [4.69, 9.17) is 14.4 Å². The number of pyridine rings is 1. The van der Waals surface area contributed by atoms with E-state index in [-0.39, 0.29) is 16.4 Å². The lowest BCUT2D eigenvalue weighted by Gasteiger charge is -2.32. The van der Waals surface area contributed by atoms with Crippen LogP contribution in [-0.4, -0.2) is 39.6 Å². The molecule has 2 heterocycles. The monoisotopic (exact) mass is 432 g/mol. The molecular formula is C22H30BFN2O5. The number of benzene rings is 1. The number of aromatic nitrogens is 1. The number of amides is 1. The molecule has 3 rings (SSSR count). The van der Waals surface area contributed by atoms with Crippen molar-refractivity contribution in [1.82, 2.24) is 9.88 Å². The van der Waals surface area contributed by atoms with Crippen LogP contribution in [0.3, 0.4) is 0 Å². The van der Waals surface area contributed by atoms with Gasteiger partial charge in [-0.25, -0.2) is 9.18 Å². The Labute approximate surface area is 181 Å². The van der Waals surface area contributed by atoms with Crippen molar-refractivity contribution in [2.75, 3.05) is 0 Å². The molecule has 0 aliphatic carbocycles. The zero-order valence-corrected chi connectivity index (χ0v) is 18.9. The smallest absolute Gasteiger partial charge is 0.465 e. The molecule has 0 spiro atoms. The number of hydrogen-bond acceptors (Lipinski definition) is 4. The normalized spacial score (nSPS) is 17.8. The highest BCUT2D eigenvalue weighted by Crippen LogP contribution is 2.36. The number of rotatable bonds is 6. The van der Waals surface area contributed by atoms with Crippen LogP contribution in [0.5, 0.6) is 0 Å². The predicted octanol–water partition coefficient (Wildman–Crippen LogP) is 3.27. The molecule has 0 saturated carbocycles. The van der Waals surface area contributed by atoms with Crippen LogP contribution < -0.4 is 16.3 Å². The third-order valence-electron chi connectivity index (χ3n) is 6.25. The van der Waals surface area contributed by atoms with Gasteiger partial charge in [-0.3, -0.25) is 4.79 Å². The standard InChI is InChI=1S/C22H30BFN2O5/c1-20(2,25-19(28)29)9-7-10-26-11-8-14-12-16(17(24)13-15(14)18(26)27)23-30-21(3,4)22(5,6)31-23/h8,11-13,25H,7,9-10H2,1-6H3,(H,28,29). The van der Waals surface area contributed by atoms with E-state index in [9.17, 15) is 14.0 Å². The molecule has 0 unspecified atom stereocenters. The number of nitrogens with one attached hydrogen (secondary N) is 1. The predicted molar refractivity (Wildman–Crippen MR) is 118 cm³/mol. The number of hydrogen-bond donors (Lipinski definition) is 2. The number of nitrogens with zero attached hydrogens (tertiary/aromatic N) is 1. The Kier molecular flexibility index (Phi) is 5.97. The second-order valence-electron chi connectivity index (χ2n) is 9.78. The van der Waals surface area contributed by atoms with Crippen molar-refractivity contribution in [3.05, 3.63) is 40.6 Å². The average molecular weight is 432 g/mol. The van der Waals surface area contributed by atoms with Crippen LogP contribution in [0, 0.1) is 5.82 Å². The van der Waals surface area contributed by atoms with Gasteiger partial charge in [0.2, 0.25) is 0 Å². The summed E-state index contributed by atoms with van der Waals surface area (Å²) in [5, 5.41) is 12.2. The first-order valence-corrected chi connectivity index (χ1v) is 10.4. The van der Waals surface area contributed by atoms with Gasteiger partial charge in [-0.05, 0) is 71.9 Å². The van der Waals surface area contributed by atoms with Crippen LogP contribution in [0.15, 0.2) is 29.2 Å². The summed E-state index contributed by atoms with van der Waals surface area (Å²) in [6, 6.07) is 4.62. The van der Waals surface area contributed by atoms with Crippen LogP contribution in [0.2, 0.25) is 0 Å². The van der Waals surface area contributed by atoms with Crippen LogP contribution in [0.1, 0.15) is 54.4 Å². The van der Waals surface area contributed by atoms with E-state index >= 15 is 0 Å². The van der Waals surface area contributed by atoms with E-state index in [1.54, 1.807) is 32.2 Å². The summed E-state index contributed by atoms with van der Waals surface area (Å²) in [6.07, 6.45) is 1.74. The number of aryl methyl sites for hydroxylation is 1. The maximum Gasteiger partial charge on any atom is 0.497 e. The fourth-order valence-electron chi connectivity index (χ4n) is 3.69. The van der Waals surface area contributed by atoms with Gasteiger partial charge in [0.05, 0.1) is 16.6 Å². The number of halogens is 1. The molecule has 7 nitrogen and oxygen atoms in total. The topological polar surface area (TPSA) is 89.8 Å². The van der Waals surface area contributed by atoms with Gasteiger partial charge in [0.1, 0.15) is 5.82 Å². The molecule has 1 aromatic carbocycles. The number of carbonyl (C=O) groups is 1. The molecular weight excluding hydrogens is 402 g/mol. The van der Waals surface area contributed by atoms with Crippen LogP contribution in [-0.2, 0) is 15.9 Å². The van der Waals surface area contributed by atoms with Gasteiger partial charge in [0.25, 0.3) is 5.56 Å². The first-order valence-electron chi connectivity index (χ1n) is 10.4. The van der Waals surface area contributed by atoms with Crippen molar-refractivity contribution in [2.45, 2.75) is 77.7 Å². The second-order valence-corrected chi connectivity index (χ2v) is 9.78. The SMILES string of the molecule is CC(C)(CCCn1ccc2cc(B3OC(C)(C)C(C)(C)O3)c(F)cc2c1=O)NC(=O)O. The van der Waals surface area contributed by atoms with Gasteiger partial charge in [-0.15, -0.1) is 0 Å². The fraction of sp³-hybridized carbons (Fsp3) is 0.545. The number of carboxylic acid groups (broad SMARTS) is 1. The second kappa shape index (κ2) is 7.95. The maximum absolute atomic E-state index is 14.9. The van der Waals surface area contributed by atoms with E-state index in [2.05, 4.69) is 5.32 Å². The average Bonchev–Trinajstić information content (AvgIpc) is 2.83. The van der Waals surface area contributed by atoms with Crippen LogP contribution >= 0.6 is 0 Å². The van der Waals surface area contributed by atoms with Gasteiger partial charge >= 0.3 is 13.2 Å². The minimum Gasteiger partial charge on any atom is -0.465 e. The quantitative estimate of drug-likeness (QED) is 0.684. The highest BCUT2D eigenvalue weighted by atomic mass is 19.1. The third kappa shape index (κ3) is 4.77. The van der Waals surface area contributed by atoms with Crippen molar-refractivity contribution < 1.29 is 23.6 Å². The van der Waals surface area contributed by atoms with Crippen molar-refractivity contribution >= 4 is 29.4 Å². The fourth-order valence-corrected chi connectivity index (χ4v) is 3.69. The summed E-state index contributed by atoms with van der Waals surface area (Å²) in [5.74, 6) is -0.548. The molecule has 1 fully saturated rings. The van der Waals surface area contributed by atoms with Crippen molar-refractivity contribution in [2.24, 2.45) is 0 Å².